The average molecular weight is 354 g/mol. The fourth-order valence-electron chi connectivity index (χ4n) is 3.57. The van der Waals surface area contributed by atoms with Gasteiger partial charge in [0.15, 0.2) is 0 Å². The summed E-state index contributed by atoms with van der Waals surface area (Å²) in [6.07, 6.45) is 6.04. The highest BCUT2D eigenvalue weighted by Gasteiger charge is 2.36. The number of hydrogen-bond donors (Lipinski definition) is 1. The summed E-state index contributed by atoms with van der Waals surface area (Å²) in [7, 11) is 3.70. The van der Waals surface area contributed by atoms with Crippen LogP contribution in [0.3, 0.4) is 0 Å². The number of nitrogens with zero attached hydrogens (tertiary/aromatic N) is 5. The number of rotatable bonds is 3. The quantitative estimate of drug-likeness (QED) is 0.781. The Balaban J connectivity index is 1.73. The number of carbonyl (C=O) groups excluding carboxylic acids is 1. The second-order valence-electron chi connectivity index (χ2n) is 6.55. The maximum absolute atomic E-state index is 13.7. The van der Waals surface area contributed by atoms with E-state index in [1.807, 2.05) is 11.6 Å². The van der Waals surface area contributed by atoms with Gasteiger partial charge in [0.2, 0.25) is 5.91 Å². The van der Waals surface area contributed by atoms with E-state index in [1.54, 1.807) is 30.5 Å². The van der Waals surface area contributed by atoms with E-state index in [2.05, 4.69) is 20.3 Å². The zero-order chi connectivity index (χ0) is 18.3. The Labute approximate surface area is 149 Å². The molecule has 0 saturated carbocycles. The van der Waals surface area contributed by atoms with Crippen LogP contribution in [-0.2, 0) is 11.8 Å². The van der Waals surface area contributed by atoms with Crippen molar-refractivity contribution in [2.45, 2.75) is 24.9 Å². The van der Waals surface area contributed by atoms with Gasteiger partial charge >= 0.3 is 0 Å². The fourth-order valence-corrected chi connectivity index (χ4v) is 3.57. The molecule has 1 aliphatic heterocycles. The van der Waals surface area contributed by atoms with Crippen molar-refractivity contribution < 1.29 is 9.18 Å². The summed E-state index contributed by atoms with van der Waals surface area (Å²) in [6, 6.07) is 4.17. The van der Waals surface area contributed by atoms with E-state index < -0.39 is 0 Å². The van der Waals surface area contributed by atoms with Crippen LogP contribution in [0, 0.1) is 5.82 Å². The first kappa shape index (κ1) is 16.4. The first-order chi connectivity index (χ1) is 12.5. The van der Waals surface area contributed by atoms with Crippen LogP contribution in [0.25, 0.3) is 10.9 Å². The van der Waals surface area contributed by atoms with Crippen molar-refractivity contribution >= 4 is 22.6 Å². The molecule has 1 fully saturated rings. The number of anilines is 1. The highest BCUT2D eigenvalue weighted by atomic mass is 19.1. The molecule has 7 nitrogen and oxygen atoms in total. The number of fused-ring (bicyclic) bond motifs is 1. The van der Waals surface area contributed by atoms with Crippen molar-refractivity contribution in [3.05, 3.63) is 48.6 Å². The summed E-state index contributed by atoms with van der Waals surface area (Å²) in [5, 5.41) is 4.04. The largest absolute Gasteiger partial charge is 0.364 e. The van der Waals surface area contributed by atoms with Crippen LogP contribution in [0.15, 0.2) is 37.1 Å². The first-order valence-electron chi connectivity index (χ1n) is 8.43. The molecule has 134 valence electrons. The van der Waals surface area contributed by atoms with Gasteiger partial charge in [-0.25, -0.2) is 19.3 Å². The molecule has 0 bridgehead atoms. The number of aromatic nitrogens is 4. The Morgan fingerprint density at radius 1 is 1.27 bits per heavy atom. The molecule has 3 aromatic rings. The lowest BCUT2D eigenvalue weighted by atomic mass is 9.93. The normalized spacial score (nSPS) is 20.6. The molecule has 1 N–H and O–H groups in total. The lowest BCUT2D eigenvalue weighted by molar-refractivity contribution is -0.135. The SMILES string of the molecule is CN1C(=O)CC[C@@H](Nc2ncnc3ccc(F)cc23)[C@@H]1c1cncn1C. The van der Waals surface area contributed by atoms with Gasteiger partial charge < -0.3 is 14.8 Å². The van der Waals surface area contributed by atoms with Crippen molar-refractivity contribution in [2.24, 2.45) is 7.05 Å². The van der Waals surface area contributed by atoms with Gasteiger partial charge in [-0.15, -0.1) is 0 Å². The highest BCUT2D eigenvalue weighted by molar-refractivity contribution is 5.89. The van der Waals surface area contributed by atoms with Crippen molar-refractivity contribution in [1.82, 2.24) is 24.4 Å². The molecule has 1 aliphatic rings. The molecule has 0 unspecified atom stereocenters. The first-order valence-corrected chi connectivity index (χ1v) is 8.43. The van der Waals surface area contributed by atoms with Crippen LogP contribution in [0.5, 0.6) is 0 Å². The van der Waals surface area contributed by atoms with Crippen LogP contribution in [0.4, 0.5) is 10.2 Å². The van der Waals surface area contributed by atoms with Crippen LogP contribution < -0.4 is 5.32 Å². The summed E-state index contributed by atoms with van der Waals surface area (Å²) in [4.78, 5) is 26.7. The molecule has 0 aliphatic carbocycles. The average Bonchev–Trinajstić information content (AvgIpc) is 3.04. The molecular formula is C18H19FN6O. The number of likely N-dealkylation sites (tertiary alicyclic amines) is 1. The van der Waals surface area contributed by atoms with Gasteiger partial charge in [-0.1, -0.05) is 0 Å². The van der Waals surface area contributed by atoms with Crippen molar-refractivity contribution in [1.29, 1.82) is 0 Å². The number of benzene rings is 1. The van der Waals surface area contributed by atoms with Gasteiger partial charge in [0.05, 0.1) is 35.8 Å². The molecule has 2 atom stereocenters. The minimum absolute atomic E-state index is 0.0746. The number of piperidine rings is 1. The predicted octanol–water partition coefficient (Wildman–Crippen LogP) is 2.28. The van der Waals surface area contributed by atoms with E-state index in [1.165, 1.54) is 18.5 Å². The second-order valence-corrected chi connectivity index (χ2v) is 6.55. The third kappa shape index (κ3) is 2.77. The number of carbonyl (C=O) groups is 1. The Morgan fingerprint density at radius 2 is 2.12 bits per heavy atom. The van der Waals surface area contributed by atoms with Crippen LogP contribution in [0.1, 0.15) is 24.6 Å². The van der Waals surface area contributed by atoms with Gasteiger partial charge in [-0.05, 0) is 24.6 Å². The maximum atomic E-state index is 13.7. The monoisotopic (exact) mass is 354 g/mol. The summed E-state index contributed by atoms with van der Waals surface area (Å²) >= 11 is 0. The number of nitrogens with one attached hydrogen (secondary N) is 1. The summed E-state index contributed by atoms with van der Waals surface area (Å²) < 4.78 is 15.6. The van der Waals surface area contributed by atoms with E-state index in [-0.39, 0.29) is 23.8 Å². The number of amides is 1. The third-order valence-electron chi connectivity index (χ3n) is 4.94. The molecule has 1 amide bonds. The van der Waals surface area contributed by atoms with Crippen molar-refractivity contribution in [3.63, 3.8) is 0 Å². The lowest BCUT2D eigenvalue weighted by Gasteiger charge is -2.39. The molecule has 3 heterocycles. The number of halogens is 1. The van der Waals surface area contributed by atoms with Crippen molar-refractivity contribution in [2.75, 3.05) is 12.4 Å². The minimum atomic E-state index is -0.338. The van der Waals surface area contributed by atoms with Crippen LogP contribution >= 0.6 is 0 Å². The Morgan fingerprint density at radius 3 is 2.88 bits per heavy atom. The Hall–Kier alpha value is -3.03. The second kappa shape index (κ2) is 6.36. The molecular weight excluding hydrogens is 335 g/mol. The smallest absolute Gasteiger partial charge is 0.223 e. The zero-order valence-electron chi connectivity index (χ0n) is 14.6. The third-order valence-corrected chi connectivity index (χ3v) is 4.94. The topological polar surface area (TPSA) is 75.9 Å². The van der Waals surface area contributed by atoms with Gasteiger partial charge in [-0.2, -0.15) is 0 Å². The number of aryl methyl sites for hydroxylation is 1. The maximum Gasteiger partial charge on any atom is 0.223 e. The van der Waals surface area contributed by atoms with E-state index >= 15 is 0 Å². The molecule has 26 heavy (non-hydrogen) atoms. The molecule has 4 rings (SSSR count). The fraction of sp³-hybridized carbons (Fsp3) is 0.333. The Bertz CT molecular complexity index is 971. The molecule has 8 heteroatoms. The molecule has 0 spiro atoms. The molecule has 1 aromatic carbocycles. The van der Waals surface area contributed by atoms with Crippen LogP contribution in [-0.4, -0.2) is 43.4 Å². The van der Waals surface area contributed by atoms with E-state index in [9.17, 15) is 9.18 Å². The van der Waals surface area contributed by atoms with E-state index in [0.717, 1.165) is 5.69 Å². The van der Waals surface area contributed by atoms with Crippen molar-refractivity contribution in [3.8, 4) is 0 Å². The standard InChI is InChI=1S/C18H19FN6O/c1-24-10-20-8-15(24)17-14(5-6-16(26)25(17)2)23-18-12-7-11(19)3-4-13(12)21-9-22-18/h3-4,7-10,14,17H,5-6H2,1-2H3,(H,21,22,23)/t14-,17-/m1/s1. The summed E-state index contributed by atoms with van der Waals surface area (Å²) in [5.41, 5.74) is 1.60. The Kier molecular flexibility index (Phi) is 4.02. The minimum Gasteiger partial charge on any atom is -0.364 e. The zero-order valence-corrected chi connectivity index (χ0v) is 14.6. The van der Waals surface area contributed by atoms with E-state index in [4.69, 9.17) is 0 Å². The highest BCUT2D eigenvalue weighted by Crippen LogP contribution is 2.33. The summed E-state index contributed by atoms with van der Waals surface area (Å²) in [6.45, 7) is 0. The summed E-state index contributed by atoms with van der Waals surface area (Å²) in [5.74, 6) is 0.316. The molecule has 0 radical (unpaired) electrons. The molecule has 1 saturated heterocycles. The van der Waals surface area contributed by atoms with Crippen LogP contribution in [0.2, 0.25) is 0 Å². The lowest BCUT2D eigenvalue weighted by Crippen LogP contribution is -2.46. The molecule has 2 aromatic heterocycles. The van der Waals surface area contributed by atoms with E-state index in [0.29, 0.717) is 29.6 Å². The number of hydrogen-bond acceptors (Lipinski definition) is 5. The number of likely N-dealkylation sites (N-methyl/N-ethyl adjacent to an activating group) is 1. The van der Waals surface area contributed by atoms with Gasteiger partial charge in [-0.3, -0.25) is 4.79 Å². The van der Waals surface area contributed by atoms with Gasteiger partial charge in [0.25, 0.3) is 0 Å². The number of imidazole rings is 1. The predicted molar refractivity (Wildman–Crippen MR) is 94.9 cm³/mol. The van der Waals surface area contributed by atoms with Gasteiger partial charge in [0.1, 0.15) is 18.0 Å². The van der Waals surface area contributed by atoms with Gasteiger partial charge in [0, 0.05) is 25.9 Å².